The third kappa shape index (κ3) is 3.83. The fourth-order valence-electron chi connectivity index (χ4n) is 2.50. The third-order valence-electron chi connectivity index (χ3n) is 3.79. The molecule has 0 unspecified atom stereocenters. The highest BCUT2D eigenvalue weighted by molar-refractivity contribution is 5.98. The Morgan fingerprint density at radius 1 is 1.04 bits per heavy atom. The first-order valence-corrected chi connectivity index (χ1v) is 8.02. The molecule has 0 saturated carbocycles. The topological polar surface area (TPSA) is 72.4 Å². The van der Waals surface area contributed by atoms with Gasteiger partial charge in [0.15, 0.2) is 6.61 Å². The van der Waals surface area contributed by atoms with Crippen molar-refractivity contribution in [1.29, 1.82) is 0 Å². The van der Waals surface area contributed by atoms with Crippen LogP contribution in [0.4, 0.5) is 10.1 Å². The Hall–Kier alpha value is -3.35. The molecule has 1 aromatic heterocycles. The van der Waals surface area contributed by atoms with Crippen LogP contribution in [0.25, 0.3) is 11.0 Å². The molecule has 0 radical (unpaired) electrons. The Morgan fingerprint density at radius 2 is 1.73 bits per heavy atom. The van der Waals surface area contributed by atoms with E-state index >= 15 is 0 Å². The molecule has 3 aromatic rings. The molecule has 0 aliphatic rings. The van der Waals surface area contributed by atoms with Gasteiger partial charge in [-0.2, -0.15) is 0 Å². The van der Waals surface area contributed by atoms with Gasteiger partial charge >= 0.3 is 5.97 Å². The maximum atomic E-state index is 13.0. The summed E-state index contributed by atoms with van der Waals surface area (Å²) in [5, 5.41) is 0. The van der Waals surface area contributed by atoms with Crippen LogP contribution in [0.3, 0.4) is 0 Å². The first-order chi connectivity index (χ1) is 12.6. The Bertz CT molecular complexity index is 944. The Kier molecular flexibility index (Phi) is 5.17. The van der Waals surface area contributed by atoms with Crippen LogP contribution in [-0.2, 0) is 9.53 Å². The molecular weight excluding hydrogens is 337 g/mol. The van der Waals surface area contributed by atoms with Gasteiger partial charge in [0.2, 0.25) is 0 Å². The number of likely N-dealkylation sites (N-methyl/N-ethyl adjacent to an activating group) is 1. The van der Waals surface area contributed by atoms with E-state index in [0.29, 0.717) is 23.3 Å². The number of amides is 1. The molecule has 0 saturated heterocycles. The monoisotopic (exact) mass is 353 g/mol. The van der Waals surface area contributed by atoms with E-state index in [-0.39, 0.29) is 11.4 Å². The summed E-state index contributed by atoms with van der Waals surface area (Å²) in [6.07, 6.45) is 3.09. The molecular formula is C19H16FN3O3. The van der Waals surface area contributed by atoms with Crippen molar-refractivity contribution in [1.82, 2.24) is 9.97 Å². The largest absolute Gasteiger partial charge is 0.452 e. The van der Waals surface area contributed by atoms with E-state index in [4.69, 9.17) is 4.74 Å². The Balaban J connectivity index is 1.67. The number of hydrogen-bond donors (Lipinski definition) is 0. The summed E-state index contributed by atoms with van der Waals surface area (Å²) >= 11 is 0. The van der Waals surface area contributed by atoms with Gasteiger partial charge in [-0.05, 0) is 49.4 Å². The zero-order chi connectivity index (χ0) is 18.5. The standard InChI is InChI=1S/C19H16FN3O3/c1-2-23(15-6-4-14(20)5-7-15)18(24)12-26-19(25)13-3-8-16-17(11-13)22-10-9-21-16/h3-11H,2,12H2,1H3. The van der Waals surface area contributed by atoms with Crippen LogP contribution < -0.4 is 4.90 Å². The van der Waals surface area contributed by atoms with Crippen LogP contribution in [0.2, 0.25) is 0 Å². The number of rotatable bonds is 5. The summed E-state index contributed by atoms with van der Waals surface area (Å²) in [6, 6.07) is 10.3. The first kappa shape index (κ1) is 17.5. The zero-order valence-electron chi connectivity index (χ0n) is 14.1. The van der Waals surface area contributed by atoms with E-state index < -0.39 is 18.5 Å². The molecule has 6 nitrogen and oxygen atoms in total. The molecule has 1 heterocycles. The summed E-state index contributed by atoms with van der Waals surface area (Å²) in [4.78, 5) is 34.2. The molecule has 7 heteroatoms. The quantitative estimate of drug-likeness (QED) is 0.660. The van der Waals surface area contributed by atoms with Crippen LogP contribution in [0.1, 0.15) is 17.3 Å². The fraction of sp³-hybridized carbons (Fsp3) is 0.158. The number of esters is 1. The summed E-state index contributed by atoms with van der Waals surface area (Å²) in [5.74, 6) is -1.41. The van der Waals surface area contributed by atoms with E-state index in [1.54, 1.807) is 31.3 Å². The molecule has 1 amide bonds. The molecule has 0 spiro atoms. The molecule has 3 rings (SSSR count). The van der Waals surface area contributed by atoms with Crippen molar-refractivity contribution in [2.75, 3.05) is 18.1 Å². The molecule has 0 aliphatic carbocycles. The normalized spacial score (nSPS) is 10.5. The average Bonchev–Trinajstić information content (AvgIpc) is 2.67. The number of aromatic nitrogens is 2. The van der Waals surface area contributed by atoms with Crippen LogP contribution in [0.5, 0.6) is 0 Å². The number of hydrogen-bond acceptors (Lipinski definition) is 5. The number of fused-ring (bicyclic) bond motifs is 1. The lowest BCUT2D eigenvalue weighted by molar-refractivity contribution is -0.121. The van der Waals surface area contributed by atoms with Crippen LogP contribution in [0, 0.1) is 5.82 Å². The number of ether oxygens (including phenoxy) is 1. The van der Waals surface area contributed by atoms with Gasteiger partial charge in [-0.15, -0.1) is 0 Å². The summed E-state index contributed by atoms with van der Waals surface area (Å²) in [6.45, 7) is 1.74. The maximum absolute atomic E-state index is 13.0. The molecule has 0 fully saturated rings. The Labute approximate surface area is 149 Å². The summed E-state index contributed by atoms with van der Waals surface area (Å²) in [7, 11) is 0. The van der Waals surface area contributed by atoms with Gasteiger partial charge in [-0.3, -0.25) is 14.8 Å². The van der Waals surface area contributed by atoms with Crippen LogP contribution >= 0.6 is 0 Å². The van der Waals surface area contributed by atoms with E-state index in [0.717, 1.165) is 0 Å². The van der Waals surface area contributed by atoms with Crippen molar-refractivity contribution in [3.05, 3.63) is 66.2 Å². The van der Waals surface area contributed by atoms with Gasteiger partial charge in [0, 0.05) is 24.6 Å². The highest BCUT2D eigenvalue weighted by atomic mass is 19.1. The second-order valence-corrected chi connectivity index (χ2v) is 5.45. The second-order valence-electron chi connectivity index (χ2n) is 5.45. The van der Waals surface area contributed by atoms with E-state index in [1.807, 2.05) is 0 Å². The van der Waals surface area contributed by atoms with Gasteiger partial charge in [-0.1, -0.05) is 0 Å². The second kappa shape index (κ2) is 7.69. The molecule has 0 atom stereocenters. The third-order valence-corrected chi connectivity index (χ3v) is 3.79. The highest BCUT2D eigenvalue weighted by Gasteiger charge is 2.17. The molecule has 2 aromatic carbocycles. The first-order valence-electron chi connectivity index (χ1n) is 8.02. The lowest BCUT2D eigenvalue weighted by Crippen LogP contribution is -2.34. The minimum Gasteiger partial charge on any atom is -0.452 e. The van der Waals surface area contributed by atoms with Gasteiger partial charge in [-0.25, -0.2) is 9.18 Å². The van der Waals surface area contributed by atoms with Gasteiger partial charge in [0.25, 0.3) is 5.91 Å². The van der Waals surface area contributed by atoms with Crippen molar-refractivity contribution in [3.8, 4) is 0 Å². The predicted octanol–water partition coefficient (Wildman–Crippen LogP) is 2.98. The van der Waals surface area contributed by atoms with Crippen molar-refractivity contribution in [3.63, 3.8) is 0 Å². The van der Waals surface area contributed by atoms with Crippen LogP contribution in [0.15, 0.2) is 54.9 Å². The fourth-order valence-corrected chi connectivity index (χ4v) is 2.50. The number of anilines is 1. The number of halogens is 1. The maximum Gasteiger partial charge on any atom is 0.338 e. The highest BCUT2D eigenvalue weighted by Crippen LogP contribution is 2.16. The van der Waals surface area contributed by atoms with Gasteiger partial charge in [0.05, 0.1) is 16.6 Å². The van der Waals surface area contributed by atoms with E-state index in [9.17, 15) is 14.0 Å². The molecule has 0 N–H and O–H groups in total. The molecule has 0 bridgehead atoms. The van der Waals surface area contributed by atoms with E-state index in [2.05, 4.69) is 9.97 Å². The lowest BCUT2D eigenvalue weighted by Gasteiger charge is -2.20. The molecule has 132 valence electrons. The van der Waals surface area contributed by atoms with Gasteiger partial charge in [0.1, 0.15) is 5.82 Å². The van der Waals surface area contributed by atoms with Crippen molar-refractivity contribution in [2.45, 2.75) is 6.92 Å². The SMILES string of the molecule is CCN(C(=O)COC(=O)c1ccc2nccnc2c1)c1ccc(F)cc1. The van der Waals surface area contributed by atoms with Gasteiger partial charge < -0.3 is 9.64 Å². The van der Waals surface area contributed by atoms with Crippen LogP contribution in [-0.4, -0.2) is 35.0 Å². The number of benzene rings is 2. The van der Waals surface area contributed by atoms with E-state index in [1.165, 1.54) is 35.4 Å². The average molecular weight is 353 g/mol. The molecule has 0 aliphatic heterocycles. The smallest absolute Gasteiger partial charge is 0.338 e. The summed E-state index contributed by atoms with van der Waals surface area (Å²) < 4.78 is 18.1. The lowest BCUT2D eigenvalue weighted by atomic mass is 10.2. The summed E-state index contributed by atoms with van der Waals surface area (Å²) in [5.41, 5.74) is 2.05. The zero-order valence-corrected chi connectivity index (χ0v) is 14.1. The number of carbonyl (C=O) groups excluding carboxylic acids is 2. The number of carbonyl (C=O) groups is 2. The minimum atomic E-state index is -0.624. The minimum absolute atomic E-state index is 0.288. The Morgan fingerprint density at radius 3 is 2.42 bits per heavy atom. The van der Waals surface area contributed by atoms with Crippen molar-refractivity contribution in [2.24, 2.45) is 0 Å². The predicted molar refractivity (Wildman–Crippen MR) is 94.2 cm³/mol. The number of nitrogens with zero attached hydrogens (tertiary/aromatic N) is 3. The van der Waals surface area contributed by atoms with Crippen molar-refractivity contribution < 1.29 is 18.7 Å². The molecule has 26 heavy (non-hydrogen) atoms. The van der Waals surface area contributed by atoms with Crippen molar-refractivity contribution >= 4 is 28.6 Å².